The van der Waals surface area contributed by atoms with Gasteiger partial charge in [-0.05, 0) is 37.8 Å². The quantitative estimate of drug-likeness (QED) is 0.575. The van der Waals surface area contributed by atoms with Crippen LogP contribution in [0.3, 0.4) is 0 Å². The second kappa shape index (κ2) is 7.72. The highest BCUT2D eigenvalue weighted by Crippen LogP contribution is 2.31. The zero-order valence-electron chi connectivity index (χ0n) is 13.7. The first kappa shape index (κ1) is 17.5. The van der Waals surface area contributed by atoms with Crippen LogP contribution in [0.4, 0.5) is 13.2 Å². The molecular formula is C18H20F3N3O. The SMILES string of the molecule is FC(F)(F)c1ccc(/C(=C/n2cncn2)OC2CCCCCC2)cc1. The maximum absolute atomic E-state index is 12.8. The highest BCUT2D eigenvalue weighted by Gasteiger charge is 2.30. The summed E-state index contributed by atoms with van der Waals surface area (Å²) in [6.45, 7) is 0. The van der Waals surface area contributed by atoms with Crippen LogP contribution >= 0.6 is 0 Å². The van der Waals surface area contributed by atoms with Gasteiger partial charge in [-0.3, -0.25) is 0 Å². The van der Waals surface area contributed by atoms with Crippen molar-refractivity contribution < 1.29 is 17.9 Å². The Morgan fingerprint density at radius 1 is 1.08 bits per heavy atom. The highest BCUT2D eigenvalue weighted by atomic mass is 19.4. The van der Waals surface area contributed by atoms with Crippen molar-refractivity contribution in [2.45, 2.75) is 50.8 Å². The van der Waals surface area contributed by atoms with Crippen molar-refractivity contribution in [1.29, 1.82) is 0 Å². The summed E-state index contributed by atoms with van der Waals surface area (Å²) in [5.41, 5.74) is -0.0847. The number of aromatic nitrogens is 3. The van der Waals surface area contributed by atoms with Crippen LogP contribution in [0.2, 0.25) is 0 Å². The van der Waals surface area contributed by atoms with Crippen molar-refractivity contribution in [2.75, 3.05) is 0 Å². The van der Waals surface area contributed by atoms with Crippen LogP contribution in [-0.2, 0) is 10.9 Å². The Kier molecular flexibility index (Phi) is 5.40. The molecule has 1 aromatic heterocycles. The van der Waals surface area contributed by atoms with Gasteiger partial charge in [0.2, 0.25) is 0 Å². The average molecular weight is 351 g/mol. The van der Waals surface area contributed by atoms with E-state index in [0.29, 0.717) is 11.3 Å². The van der Waals surface area contributed by atoms with Crippen molar-refractivity contribution in [3.8, 4) is 0 Å². The first-order valence-electron chi connectivity index (χ1n) is 8.42. The monoisotopic (exact) mass is 351 g/mol. The molecular weight excluding hydrogens is 331 g/mol. The first-order valence-corrected chi connectivity index (χ1v) is 8.42. The van der Waals surface area contributed by atoms with Crippen LogP contribution in [0.15, 0.2) is 36.9 Å². The number of ether oxygens (including phenoxy) is 1. The summed E-state index contributed by atoms with van der Waals surface area (Å²) in [7, 11) is 0. The number of rotatable bonds is 4. The van der Waals surface area contributed by atoms with Gasteiger partial charge < -0.3 is 4.74 Å². The van der Waals surface area contributed by atoms with Crippen molar-refractivity contribution >= 4 is 12.0 Å². The Bertz CT molecular complexity index is 685. The molecule has 0 radical (unpaired) electrons. The van der Waals surface area contributed by atoms with Gasteiger partial charge in [0.15, 0.2) is 0 Å². The summed E-state index contributed by atoms with van der Waals surface area (Å²) in [5, 5.41) is 4.02. The molecule has 0 amide bonds. The molecule has 134 valence electrons. The minimum Gasteiger partial charge on any atom is -0.488 e. The Morgan fingerprint density at radius 2 is 1.76 bits per heavy atom. The van der Waals surface area contributed by atoms with Crippen LogP contribution in [0.1, 0.15) is 49.7 Å². The summed E-state index contributed by atoms with van der Waals surface area (Å²) in [5.74, 6) is 0.506. The zero-order chi connectivity index (χ0) is 17.7. The van der Waals surface area contributed by atoms with Crippen LogP contribution in [0.5, 0.6) is 0 Å². The summed E-state index contributed by atoms with van der Waals surface area (Å²) >= 11 is 0. The van der Waals surface area contributed by atoms with Crippen LogP contribution in [0, 0.1) is 0 Å². The minimum atomic E-state index is -4.35. The number of nitrogens with zero attached hydrogens (tertiary/aromatic N) is 3. The van der Waals surface area contributed by atoms with E-state index >= 15 is 0 Å². The molecule has 0 N–H and O–H groups in total. The summed E-state index contributed by atoms with van der Waals surface area (Å²) in [6, 6.07) is 5.01. The Morgan fingerprint density at radius 3 is 2.32 bits per heavy atom. The van der Waals surface area contributed by atoms with Crippen molar-refractivity contribution in [2.24, 2.45) is 0 Å². The molecule has 1 heterocycles. The average Bonchev–Trinajstić information content (AvgIpc) is 2.96. The van der Waals surface area contributed by atoms with Gasteiger partial charge in [0.25, 0.3) is 0 Å². The molecule has 4 nitrogen and oxygen atoms in total. The number of alkyl halides is 3. The standard InChI is InChI=1S/C18H20F3N3O/c19-18(20,21)15-9-7-14(8-10-15)17(11-24-13-22-12-23-24)25-16-5-3-1-2-4-6-16/h7-13,16H,1-6H2/b17-11-. The number of halogens is 3. The molecule has 0 aliphatic heterocycles. The fraction of sp³-hybridized carbons (Fsp3) is 0.444. The molecule has 3 rings (SSSR count). The second-order valence-corrected chi connectivity index (χ2v) is 6.18. The minimum absolute atomic E-state index is 0.0690. The Hall–Kier alpha value is -2.31. The first-order chi connectivity index (χ1) is 12.0. The smallest absolute Gasteiger partial charge is 0.416 e. The molecule has 0 spiro atoms. The fourth-order valence-electron chi connectivity index (χ4n) is 2.94. The number of hydrogen-bond donors (Lipinski definition) is 0. The summed E-state index contributed by atoms with van der Waals surface area (Å²) in [6.07, 6.45) is 6.79. The van der Waals surface area contributed by atoms with Gasteiger partial charge in [-0.2, -0.15) is 18.3 Å². The Balaban J connectivity index is 1.85. The molecule has 0 atom stereocenters. The summed E-state index contributed by atoms with van der Waals surface area (Å²) in [4.78, 5) is 3.88. The van der Waals surface area contributed by atoms with E-state index in [9.17, 15) is 13.2 Å². The number of hydrogen-bond acceptors (Lipinski definition) is 3. The lowest BCUT2D eigenvalue weighted by Gasteiger charge is -2.20. The Labute approximate surface area is 144 Å². The third-order valence-corrected chi connectivity index (χ3v) is 4.28. The normalized spacial score (nSPS) is 17.3. The topological polar surface area (TPSA) is 39.9 Å². The van der Waals surface area contributed by atoms with E-state index in [2.05, 4.69) is 10.1 Å². The van der Waals surface area contributed by atoms with Gasteiger partial charge in [-0.1, -0.05) is 25.0 Å². The molecule has 7 heteroatoms. The third-order valence-electron chi connectivity index (χ3n) is 4.28. The van der Waals surface area contributed by atoms with E-state index in [1.54, 1.807) is 6.20 Å². The van der Waals surface area contributed by atoms with E-state index in [1.165, 1.54) is 42.3 Å². The molecule has 0 saturated heterocycles. The van der Waals surface area contributed by atoms with E-state index in [4.69, 9.17) is 4.74 Å². The maximum Gasteiger partial charge on any atom is 0.416 e. The van der Waals surface area contributed by atoms with Gasteiger partial charge in [-0.25, -0.2) is 9.67 Å². The predicted molar refractivity (Wildman–Crippen MR) is 88.2 cm³/mol. The highest BCUT2D eigenvalue weighted by molar-refractivity contribution is 5.70. The lowest BCUT2D eigenvalue weighted by molar-refractivity contribution is -0.137. The van der Waals surface area contributed by atoms with E-state index in [1.807, 2.05) is 0 Å². The van der Waals surface area contributed by atoms with Crippen molar-refractivity contribution in [3.05, 3.63) is 48.0 Å². The van der Waals surface area contributed by atoms with Crippen molar-refractivity contribution in [3.63, 3.8) is 0 Å². The number of benzene rings is 1. The zero-order valence-corrected chi connectivity index (χ0v) is 13.7. The third kappa shape index (κ3) is 4.84. The lowest BCUT2D eigenvalue weighted by atomic mass is 10.1. The summed E-state index contributed by atoms with van der Waals surface area (Å²) < 4.78 is 46.0. The molecule has 25 heavy (non-hydrogen) atoms. The lowest BCUT2D eigenvalue weighted by Crippen LogP contribution is -2.12. The van der Waals surface area contributed by atoms with Gasteiger partial charge in [0.05, 0.1) is 17.9 Å². The molecule has 0 unspecified atom stereocenters. The van der Waals surface area contributed by atoms with Crippen LogP contribution in [-0.4, -0.2) is 20.9 Å². The van der Waals surface area contributed by atoms with Gasteiger partial charge in [-0.15, -0.1) is 0 Å². The van der Waals surface area contributed by atoms with Crippen molar-refractivity contribution in [1.82, 2.24) is 14.8 Å². The fourth-order valence-corrected chi connectivity index (χ4v) is 2.94. The van der Waals surface area contributed by atoms with Crippen LogP contribution in [0.25, 0.3) is 12.0 Å². The molecule has 1 aliphatic carbocycles. The van der Waals surface area contributed by atoms with Crippen LogP contribution < -0.4 is 0 Å². The molecule has 1 aliphatic rings. The maximum atomic E-state index is 12.8. The van der Waals surface area contributed by atoms with Gasteiger partial charge in [0.1, 0.15) is 18.4 Å². The second-order valence-electron chi connectivity index (χ2n) is 6.18. The van der Waals surface area contributed by atoms with E-state index in [-0.39, 0.29) is 6.10 Å². The molecule has 2 aromatic rings. The van der Waals surface area contributed by atoms with E-state index < -0.39 is 11.7 Å². The molecule has 1 fully saturated rings. The molecule has 0 bridgehead atoms. The van der Waals surface area contributed by atoms with Gasteiger partial charge in [0, 0.05) is 5.56 Å². The van der Waals surface area contributed by atoms with E-state index in [0.717, 1.165) is 37.8 Å². The molecule has 1 saturated carbocycles. The predicted octanol–water partition coefficient (Wildman–Crippen LogP) is 4.99. The van der Waals surface area contributed by atoms with Gasteiger partial charge >= 0.3 is 6.18 Å². The largest absolute Gasteiger partial charge is 0.488 e. The molecule has 1 aromatic carbocycles.